The maximum atomic E-state index is 12.5. The Balaban J connectivity index is 1.77. The molecule has 9 heteroatoms. The number of nitrogen functional groups attached to an aromatic ring is 1. The summed E-state index contributed by atoms with van der Waals surface area (Å²) in [6, 6.07) is 7.92. The number of benzene rings is 1. The predicted molar refractivity (Wildman–Crippen MR) is 115 cm³/mol. The third kappa shape index (κ3) is 3.80. The van der Waals surface area contributed by atoms with Gasteiger partial charge in [0.2, 0.25) is 0 Å². The first-order valence-corrected chi connectivity index (χ1v) is 9.74. The standard InChI is InChI=1S/C20H18Cl3N3O3/c1-20(2)11-6-4-5-7-12(11)26(3)13(20)8-10(27)9-29-19(28)17-14(21)16(24)15(22)18(23)25-17/h4-8H,9H2,1-3H3,(H2,24,25). The number of nitrogens with zero attached hydrogens (tertiary/aromatic N) is 2. The normalized spacial score (nSPS) is 16.1. The number of allylic oxidation sites excluding steroid dienone is 1. The lowest BCUT2D eigenvalue weighted by Gasteiger charge is -2.23. The number of fused-ring (bicyclic) bond motifs is 1. The number of pyridine rings is 1. The van der Waals surface area contributed by atoms with E-state index in [1.54, 1.807) is 0 Å². The Morgan fingerprint density at radius 2 is 1.86 bits per heavy atom. The van der Waals surface area contributed by atoms with Gasteiger partial charge in [-0.3, -0.25) is 4.79 Å². The van der Waals surface area contributed by atoms with Crippen molar-refractivity contribution < 1.29 is 14.3 Å². The SMILES string of the molecule is CN1C(=CC(=O)COC(=O)c2nc(Cl)c(Cl)c(N)c2Cl)C(C)(C)c2ccccc21. The molecule has 2 heterocycles. The van der Waals surface area contributed by atoms with Crippen LogP contribution in [-0.4, -0.2) is 30.4 Å². The van der Waals surface area contributed by atoms with Crippen LogP contribution in [0.3, 0.4) is 0 Å². The van der Waals surface area contributed by atoms with Crippen LogP contribution in [0.1, 0.15) is 29.9 Å². The topological polar surface area (TPSA) is 85.5 Å². The summed E-state index contributed by atoms with van der Waals surface area (Å²) in [7, 11) is 1.89. The summed E-state index contributed by atoms with van der Waals surface area (Å²) in [4.78, 5) is 30.5. The molecule has 29 heavy (non-hydrogen) atoms. The summed E-state index contributed by atoms with van der Waals surface area (Å²) in [6.07, 6.45) is 1.48. The zero-order valence-corrected chi connectivity index (χ0v) is 18.2. The van der Waals surface area contributed by atoms with Crippen molar-refractivity contribution in [3.63, 3.8) is 0 Å². The second-order valence-electron chi connectivity index (χ2n) is 7.07. The summed E-state index contributed by atoms with van der Waals surface area (Å²) in [5.41, 5.74) is 7.88. The van der Waals surface area contributed by atoms with Gasteiger partial charge >= 0.3 is 5.97 Å². The van der Waals surface area contributed by atoms with Gasteiger partial charge in [-0.25, -0.2) is 9.78 Å². The van der Waals surface area contributed by atoms with Gasteiger partial charge in [0.1, 0.15) is 5.02 Å². The average molecular weight is 455 g/mol. The second-order valence-corrected chi connectivity index (χ2v) is 8.18. The molecule has 0 amide bonds. The molecule has 0 saturated carbocycles. The number of aromatic nitrogens is 1. The number of anilines is 2. The van der Waals surface area contributed by atoms with E-state index in [1.165, 1.54) is 6.08 Å². The molecule has 1 aliphatic rings. The quantitative estimate of drug-likeness (QED) is 0.411. The summed E-state index contributed by atoms with van der Waals surface area (Å²) >= 11 is 17.7. The molecule has 0 unspecified atom stereocenters. The molecule has 1 aliphatic heterocycles. The highest BCUT2D eigenvalue weighted by molar-refractivity contribution is 6.46. The molecule has 0 bridgehead atoms. The van der Waals surface area contributed by atoms with E-state index in [1.807, 2.05) is 50.1 Å². The van der Waals surface area contributed by atoms with Gasteiger partial charge in [0.05, 0.1) is 10.7 Å². The van der Waals surface area contributed by atoms with Crippen LogP contribution < -0.4 is 10.6 Å². The highest BCUT2D eigenvalue weighted by Gasteiger charge is 2.38. The minimum atomic E-state index is -0.922. The Morgan fingerprint density at radius 1 is 1.21 bits per heavy atom. The fourth-order valence-electron chi connectivity index (χ4n) is 3.32. The van der Waals surface area contributed by atoms with E-state index in [4.69, 9.17) is 45.3 Å². The lowest BCUT2D eigenvalue weighted by Crippen LogP contribution is -2.25. The number of para-hydroxylation sites is 1. The number of esters is 1. The summed E-state index contributed by atoms with van der Waals surface area (Å²) in [5, 5.41) is -0.413. The Labute approximate surface area is 183 Å². The highest BCUT2D eigenvalue weighted by Crippen LogP contribution is 2.46. The molecule has 6 nitrogen and oxygen atoms in total. The van der Waals surface area contributed by atoms with Crippen molar-refractivity contribution in [3.05, 3.63) is 62.5 Å². The van der Waals surface area contributed by atoms with E-state index in [0.29, 0.717) is 0 Å². The fourth-order valence-corrected chi connectivity index (χ4v) is 3.91. The zero-order valence-electron chi connectivity index (χ0n) is 15.9. The Morgan fingerprint density at radius 3 is 2.52 bits per heavy atom. The molecule has 0 radical (unpaired) electrons. The number of ether oxygens (including phenoxy) is 1. The number of carbonyl (C=O) groups excluding carboxylic acids is 2. The Bertz CT molecular complexity index is 1050. The Hall–Kier alpha value is -2.28. The maximum absolute atomic E-state index is 12.5. The highest BCUT2D eigenvalue weighted by atomic mass is 35.5. The van der Waals surface area contributed by atoms with Crippen LogP contribution in [0, 0.1) is 0 Å². The van der Waals surface area contributed by atoms with Crippen LogP contribution in [0.2, 0.25) is 15.2 Å². The van der Waals surface area contributed by atoms with Gasteiger partial charge in [-0.15, -0.1) is 0 Å². The number of carbonyl (C=O) groups is 2. The van der Waals surface area contributed by atoms with Crippen molar-refractivity contribution >= 4 is 57.9 Å². The van der Waals surface area contributed by atoms with E-state index >= 15 is 0 Å². The number of ketones is 1. The van der Waals surface area contributed by atoms with Crippen molar-refractivity contribution in [1.29, 1.82) is 0 Å². The van der Waals surface area contributed by atoms with Crippen LogP contribution in [0.25, 0.3) is 0 Å². The smallest absolute Gasteiger partial charge is 0.359 e. The molecule has 3 rings (SSSR count). The van der Waals surface area contributed by atoms with E-state index in [2.05, 4.69) is 4.98 Å². The fraction of sp³-hybridized carbons (Fsp3) is 0.250. The number of nitrogens with two attached hydrogens (primary N) is 1. The van der Waals surface area contributed by atoms with Crippen molar-refractivity contribution in [2.75, 3.05) is 24.3 Å². The molecular formula is C20H18Cl3N3O3. The first-order chi connectivity index (χ1) is 13.6. The molecule has 2 aromatic rings. The van der Waals surface area contributed by atoms with Gasteiger partial charge in [0.15, 0.2) is 23.2 Å². The summed E-state index contributed by atoms with van der Waals surface area (Å²) in [6.45, 7) is 3.58. The van der Waals surface area contributed by atoms with Crippen molar-refractivity contribution in [1.82, 2.24) is 4.98 Å². The minimum Gasteiger partial charge on any atom is -0.453 e. The van der Waals surface area contributed by atoms with Crippen molar-refractivity contribution in [2.45, 2.75) is 19.3 Å². The molecule has 0 spiro atoms. The maximum Gasteiger partial charge on any atom is 0.359 e. The lowest BCUT2D eigenvalue weighted by molar-refractivity contribution is -0.117. The van der Waals surface area contributed by atoms with E-state index in [9.17, 15) is 9.59 Å². The van der Waals surface area contributed by atoms with Crippen molar-refractivity contribution in [2.24, 2.45) is 0 Å². The molecule has 1 aromatic carbocycles. The van der Waals surface area contributed by atoms with E-state index in [0.717, 1.165) is 16.9 Å². The van der Waals surface area contributed by atoms with Crippen LogP contribution in [-0.2, 0) is 14.9 Å². The van der Waals surface area contributed by atoms with Gasteiger partial charge in [-0.1, -0.05) is 66.8 Å². The number of likely N-dealkylation sites (N-methyl/N-ethyl adjacent to an activating group) is 1. The number of hydrogen-bond donors (Lipinski definition) is 1. The minimum absolute atomic E-state index is 0.0555. The van der Waals surface area contributed by atoms with Crippen LogP contribution in [0.15, 0.2) is 36.0 Å². The molecule has 2 N–H and O–H groups in total. The van der Waals surface area contributed by atoms with Gasteiger partial charge in [0.25, 0.3) is 0 Å². The third-order valence-electron chi connectivity index (χ3n) is 4.85. The molecule has 0 atom stereocenters. The summed E-state index contributed by atoms with van der Waals surface area (Å²) in [5.74, 6) is -1.31. The number of hydrogen-bond acceptors (Lipinski definition) is 6. The first-order valence-electron chi connectivity index (χ1n) is 8.61. The van der Waals surface area contributed by atoms with Crippen molar-refractivity contribution in [3.8, 4) is 0 Å². The average Bonchev–Trinajstić information content (AvgIpc) is 2.88. The lowest BCUT2D eigenvalue weighted by atomic mass is 9.83. The van der Waals surface area contributed by atoms with Crippen LogP contribution in [0.4, 0.5) is 11.4 Å². The zero-order chi connectivity index (χ0) is 21.5. The molecule has 152 valence electrons. The molecule has 0 aliphatic carbocycles. The largest absolute Gasteiger partial charge is 0.453 e. The molecule has 1 aromatic heterocycles. The van der Waals surface area contributed by atoms with Gasteiger partial charge < -0.3 is 15.4 Å². The monoisotopic (exact) mass is 453 g/mol. The van der Waals surface area contributed by atoms with E-state index in [-0.39, 0.29) is 37.8 Å². The first kappa shape index (κ1) is 21.4. The van der Waals surface area contributed by atoms with Gasteiger partial charge in [0, 0.05) is 29.9 Å². The third-order valence-corrected chi connectivity index (χ3v) is 5.98. The van der Waals surface area contributed by atoms with Gasteiger partial charge in [-0.05, 0) is 11.6 Å². The second kappa shape index (κ2) is 7.86. The van der Waals surface area contributed by atoms with Crippen LogP contribution >= 0.6 is 34.8 Å². The molecule has 0 saturated heterocycles. The molecule has 0 fully saturated rings. The predicted octanol–water partition coefficient (Wildman–Crippen LogP) is 4.66. The summed E-state index contributed by atoms with van der Waals surface area (Å²) < 4.78 is 5.06. The Kier molecular flexibility index (Phi) is 5.81. The molecular weight excluding hydrogens is 437 g/mol. The van der Waals surface area contributed by atoms with E-state index < -0.39 is 12.6 Å². The van der Waals surface area contributed by atoms with Gasteiger partial charge in [-0.2, -0.15) is 0 Å². The number of rotatable bonds is 4. The number of halogens is 3. The van der Waals surface area contributed by atoms with Crippen LogP contribution in [0.5, 0.6) is 0 Å².